The number of aromatic nitrogens is 2. The Morgan fingerprint density at radius 3 is 2.57 bits per heavy atom. The second kappa shape index (κ2) is 9.57. The van der Waals surface area contributed by atoms with E-state index in [1.165, 1.54) is 11.0 Å². The van der Waals surface area contributed by atoms with E-state index in [4.69, 9.17) is 11.6 Å². The second-order valence-electron chi connectivity index (χ2n) is 6.16. The minimum Gasteiger partial charge on any atom is -0.350 e. The van der Waals surface area contributed by atoms with Gasteiger partial charge in [-0.05, 0) is 55.5 Å². The van der Waals surface area contributed by atoms with E-state index in [-0.39, 0.29) is 11.1 Å². The molecule has 144 valence electrons. The topological polar surface area (TPSA) is 64.0 Å². The molecule has 0 saturated carbocycles. The van der Waals surface area contributed by atoms with Crippen LogP contribution in [0.2, 0.25) is 5.02 Å². The third kappa shape index (κ3) is 5.24. The van der Waals surface area contributed by atoms with Crippen LogP contribution in [0.4, 0.5) is 0 Å². The Labute approximate surface area is 172 Å². The summed E-state index contributed by atoms with van der Waals surface area (Å²) in [4.78, 5) is 25.9. The monoisotopic (exact) mass is 413 g/mol. The zero-order valence-corrected chi connectivity index (χ0v) is 17.0. The van der Waals surface area contributed by atoms with Gasteiger partial charge in [0.15, 0.2) is 5.69 Å². The predicted molar refractivity (Wildman–Crippen MR) is 114 cm³/mol. The lowest BCUT2D eigenvalue weighted by Crippen LogP contribution is -2.32. The number of rotatable bonds is 7. The van der Waals surface area contributed by atoms with Crippen LogP contribution in [0.5, 0.6) is 0 Å². The molecule has 0 fully saturated rings. The van der Waals surface area contributed by atoms with Crippen LogP contribution < -0.4 is 10.7 Å². The lowest BCUT2D eigenvalue weighted by Gasteiger charge is -2.11. The highest BCUT2D eigenvalue weighted by Gasteiger charge is 2.15. The van der Waals surface area contributed by atoms with Crippen molar-refractivity contribution in [2.24, 2.45) is 0 Å². The molecule has 0 aliphatic heterocycles. The number of thioether (sulfide) groups is 1. The molecule has 1 heterocycles. The summed E-state index contributed by atoms with van der Waals surface area (Å²) in [5.41, 5.74) is 0.869. The van der Waals surface area contributed by atoms with E-state index in [9.17, 15) is 9.59 Å². The van der Waals surface area contributed by atoms with Crippen molar-refractivity contribution < 1.29 is 4.79 Å². The first-order valence-electron chi connectivity index (χ1n) is 8.87. The molecule has 0 aliphatic rings. The number of halogens is 1. The van der Waals surface area contributed by atoms with Crippen LogP contribution in [0.25, 0.3) is 5.69 Å². The highest BCUT2D eigenvalue weighted by Crippen LogP contribution is 2.17. The summed E-state index contributed by atoms with van der Waals surface area (Å²) in [5.74, 6) is 0.415. The van der Waals surface area contributed by atoms with Gasteiger partial charge in [-0.3, -0.25) is 9.59 Å². The van der Waals surface area contributed by atoms with Gasteiger partial charge in [-0.2, -0.15) is 5.10 Å². The standard InChI is InChI=1S/C21H20ClN3O2S/c1-15-14-19(26)20(24-25(15)17-10-8-16(22)9-11-17)21(27)23-12-5-13-28-18-6-3-2-4-7-18/h2-4,6-11,14H,5,12-13H2,1H3,(H,23,27). The third-order valence-electron chi connectivity index (χ3n) is 4.01. The Morgan fingerprint density at radius 2 is 1.86 bits per heavy atom. The zero-order chi connectivity index (χ0) is 19.9. The molecule has 7 heteroatoms. The highest BCUT2D eigenvalue weighted by molar-refractivity contribution is 7.99. The number of aryl methyl sites for hydroxylation is 1. The van der Waals surface area contributed by atoms with E-state index in [0.29, 0.717) is 17.3 Å². The van der Waals surface area contributed by atoms with E-state index in [1.54, 1.807) is 47.6 Å². The molecule has 28 heavy (non-hydrogen) atoms. The normalized spacial score (nSPS) is 10.6. The molecule has 0 spiro atoms. The average Bonchev–Trinajstić information content (AvgIpc) is 2.69. The van der Waals surface area contributed by atoms with Crippen molar-refractivity contribution in [1.82, 2.24) is 15.1 Å². The first kappa shape index (κ1) is 20.2. The van der Waals surface area contributed by atoms with Crippen molar-refractivity contribution in [3.05, 3.63) is 87.3 Å². The van der Waals surface area contributed by atoms with E-state index in [2.05, 4.69) is 22.5 Å². The van der Waals surface area contributed by atoms with Crippen molar-refractivity contribution in [1.29, 1.82) is 0 Å². The molecule has 3 rings (SSSR count). The average molecular weight is 414 g/mol. The smallest absolute Gasteiger partial charge is 0.275 e. The molecule has 0 radical (unpaired) electrons. The van der Waals surface area contributed by atoms with Crippen LogP contribution in [0.15, 0.2) is 70.4 Å². The lowest BCUT2D eigenvalue weighted by atomic mass is 10.2. The molecule has 0 saturated heterocycles. The van der Waals surface area contributed by atoms with Gasteiger partial charge in [0.1, 0.15) is 0 Å². The Hall–Kier alpha value is -2.57. The minimum atomic E-state index is -0.461. The predicted octanol–water partition coefficient (Wildman–Crippen LogP) is 4.11. The summed E-state index contributed by atoms with van der Waals surface area (Å²) in [6, 6.07) is 18.6. The van der Waals surface area contributed by atoms with Gasteiger partial charge in [0.2, 0.25) is 5.43 Å². The summed E-state index contributed by atoms with van der Waals surface area (Å²) >= 11 is 7.65. The van der Waals surface area contributed by atoms with Crippen LogP contribution in [0.1, 0.15) is 22.6 Å². The molecule has 5 nitrogen and oxygen atoms in total. The van der Waals surface area contributed by atoms with Gasteiger partial charge in [0, 0.05) is 28.2 Å². The number of carbonyl (C=O) groups is 1. The fraction of sp³-hybridized carbons (Fsp3) is 0.190. The highest BCUT2D eigenvalue weighted by atomic mass is 35.5. The van der Waals surface area contributed by atoms with Crippen molar-refractivity contribution >= 4 is 29.3 Å². The molecule has 3 aromatic rings. The summed E-state index contributed by atoms with van der Waals surface area (Å²) in [6.07, 6.45) is 0.794. The fourth-order valence-corrected chi connectivity index (χ4v) is 3.61. The number of carbonyl (C=O) groups excluding carboxylic acids is 1. The Kier molecular flexibility index (Phi) is 6.90. The Morgan fingerprint density at radius 1 is 1.14 bits per heavy atom. The molecule has 2 aromatic carbocycles. The molecule has 1 aromatic heterocycles. The first-order valence-corrected chi connectivity index (χ1v) is 10.2. The SMILES string of the molecule is Cc1cc(=O)c(C(=O)NCCCSc2ccccc2)nn1-c1ccc(Cl)cc1. The maximum absolute atomic E-state index is 12.4. The number of nitrogens with zero attached hydrogens (tertiary/aromatic N) is 2. The Bertz CT molecular complexity index is 1000. The Balaban J connectivity index is 1.62. The van der Waals surface area contributed by atoms with Gasteiger partial charge < -0.3 is 5.32 Å². The van der Waals surface area contributed by atoms with Gasteiger partial charge in [0.25, 0.3) is 5.91 Å². The van der Waals surface area contributed by atoms with Gasteiger partial charge in [-0.15, -0.1) is 11.8 Å². The summed E-state index contributed by atoms with van der Waals surface area (Å²) < 4.78 is 1.57. The maximum Gasteiger partial charge on any atom is 0.275 e. The van der Waals surface area contributed by atoms with E-state index < -0.39 is 5.91 Å². The molecular weight excluding hydrogens is 394 g/mol. The maximum atomic E-state index is 12.4. The zero-order valence-electron chi connectivity index (χ0n) is 15.4. The molecular formula is C21H20ClN3O2S. The quantitative estimate of drug-likeness (QED) is 0.467. The van der Waals surface area contributed by atoms with Crippen LogP contribution in [-0.4, -0.2) is 28.0 Å². The van der Waals surface area contributed by atoms with Crippen molar-refractivity contribution in [2.45, 2.75) is 18.2 Å². The molecule has 0 bridgehead atoms. The van der Waals surface area contributed by atoms with Crippen LogP contribution in [-0.2, 0) is 0 Å². The first-order chi connectivity index (χ1) is 13.5. The summed E-state index contributed by atoms with van der Waals surface area (Å²) in [7, 11) is 0. The number of hydrogen-bond donors (Lipinski definition) is 1. The van der Waals surface area contributed by atoms with Crippen molar-refractivity contribution in [3.63, 3.8) is 0 Å². The van der Waals surface area contributed by atoms with Crippen molar-refractivity contribution in [2.75, 3.05) is 12.3 Å². The summed E-state index contributed by atoms with van der Waals surface area (Å²) in [5, 5.41) is 7.65. The number of benzene rings is 2. The fourth-order valence-electron chi connectivity index (χ4n) is 2.61. The number of hydrogen-bond acceptors (Lipinski definition) is 4. The van der Waals surface area contributed by atoms with Gasteiger partial charge in [-0.1, -0.05) is 29.8 Å². The molecule has 1 N–H and O–H groups in total. The molecule has 1 amide bonds. The van der Waals surface area contributed by atoms with Gasteiger partial charge >= 0.3 is 0 Å². The van der Waals surface area contributed by atoms with Crippen LogP contribution in [0.3, 0.4) is 0 Å². The summed E-state index contributed by atoms with van der Waals surface area (Å²) in [6.45, 7) is 2.25. The van der Waals surface area contributed by atoms with E-state index >= 15 is 0 Å². The van der Waals surface area contributed by atoms with Crippen LogP contribution in [0, 0.1) is 6.92 Å². The second-order valence-corrected chi connectivity index (χ2v) is 7.76. The minimum absolute atomic E-state index is 0.115. The van der Waals surface area contributed by atoms with E-state index in [0.717, 1.165) is 17.9 Å². The van der Waals surface area contributed by atoms with Crippen LogP contribution >= 0.6 is 23.4 Å². The number of amides is 1. The number of nitrogens with one attached hydrogen (secondary N) is 1. The molecule has 0 aliphatic carbocycles. The van der Waals surface area contributed by atoms with E-state index in [1.807, 2.05) is 18.2 Å². The third-order valence-corrected chi connectivity index (χ3v) is 5.36. The van der Waals surface area contributed by atoms with Crippen molar-refractivity contribution in [3.8, 4) is 5.69 Å². The van der Waals surface area contributed by atoms with Gasteiger partial charge in [-0.25, -0.2) is 4.68 Å². The largest absolute Gasteiger partial charge is 0.350 e. The molecule has 0 unspecified atom stereocenters. The molecule has 0 atom stereocenters. The van der Waals surface area contributed by atoms with Gasteiger partial charge in [0.05, 0.1) is 5.69 Å². The lowest BCUT2D eigenvalue weighted by molar-refractivity contribution is 0.0946.